The first-order valence-electron chi connectivity index (χ1n) is 9.33. The van der Waals surface area contributed by atoms with Crippen LogP contribution in [-0.4, -0.2) is 54.7 Å². The lowest BCUT2D eigenvalue weighted by Gasteiger charge is -2.32. The molecular weight excluding hydrogens is 463 g/mol. The molecule has 1 unspecified atom stereocenters. The van der Waals surface area contributed by atoms with Crippen molar-refractivity contribution in [2.75, 3.05) is 32.7 Å². The summed E-state index contributed by atoms with van der Waals surface area (Å²) in [7, 11) is 0. The Labute approximate surface area is 179 Å². The number of guanidine groups is 1. The lowest BCUT2D eigenvalue weighted by molar-refractivity contribution is 0.186. The van der Waals surface area contributed by atoms with E-state index in [2.05, 4.69) is 34.4 Å². The van der Waals surface area contributed by atoms with Gasteiger partial charge in [-0.15, -0.1) is 24.0 Å². The van der Waals surface area contributed by atoms with E-state index in [4.69, 9.17) is 11.6 Å². The standard InChI is InChI=1S/C19H31ClN4O.HI/c1-3-11-24-12-9-17(10-13-24)23-19(21-4-2)22-14-18(25)15-5-7-16(20)8-6-15;/h5-8,17-18,25H,3-4,9-14H2,1-2H3,(H2,21,22,23);1H. The maximum absolute atomic E-state index is 10.3. The van der Waals surface area contributed by atoms with E-state index in [0.29, 0.717) is 17.6 Å². The molecule has 1 heterocycles. The van der Waals surface area contributed by atoms with Crippen LogP contribution in [0.3, 0.4) is 0 Å². The van der Waals surface area contributed by atoms with Crippen LogP contribution in [0.4, 0.5) is 0 Å². The summed E-state index contributed by atoms with van der Waals surface area (Å²) in [6, 6.07) is 7.70. The number of benzene rings is 1. The summed E-state index contributed by atoms with van der Waals surface area (Å²) in [5.74, 6) is 0.782. The summed E-state index contributed by atoms with van der Waals surface area (Å²) in [6.07, 6.45) is 2.85. The predicted octanol–water partition coefficient (Wildman–Crippen LogP) is 3.42. The van der Waals surface area contributed by atoms with Crippen molar-refractivity contribution >= 4 is 41.5 Å². The minimum Gasteiger partial charge on any atom is -0.386 e. The molecule has 1 fully saturated rings. The lowest BCUT2D eigenvalue weighted by Crippen LogP contribution is -2.48. The Morgan fingerprint density at radius 2 is 1.92 bits per heavy atom. The molecule has 7 heteroatoms. The second-order valence-corrected chi connectivity index (χ2v) is 6.98. The Morgan fingerprint density at radius 3 is 2.50 bits per heavy atom. The van der Waals surface area contributed by atoms with Crippen LogP contribution in [0.15, 0.2) is 29.3 Å². The van der Waals surface area contributed by atoms with Crippen molar-refractivity contribution in [2.24, 2.45) is 4.99 Å². The molecule has 1 saturated heterocycles. The topological polar surface area (TPSA) is 59.9 Å². The van der Waals surface area contributed by atoms with Gasteiger partial charge in [0.05, 0.1) is 12.6 Å². The third-order valence-electron chi connectivity index (χ3n) is 4.49. The fourth-order valence-corrected chi connectivity index (χ4v) is 3.22. The second kappa shape index (κ2) is 12.8. The van der Waals surface area contributed by atoms with Gasteiger partial charge in [0.1, 0.15) is 0 Å². The van der Waals surface area contributed by atoms with Crippen molar-refractivity contribution in [2.45, 2.75) is 45.3 Å². The quantitative estimate of drug-likeness (QED) is 0.309. The van der Waals surface area contributed by atoms with E-state index < -0.39 is 6.10 Å². The van der Waals surface area contributed by atoms with Crippen LogP contribution in [0.2, 0.25) is 5.02 Å². The maximum atomic E-state index is 10.3. The van der Waals surface area contributed by atoms with Gasteiger partial charge in [0.15, 0.2) is 5.96 Å². The highest BCUT2D eigenvalue weighted by Crippen LogP contribution is 2.16. The number of aliphatic hydroxyl groups excluding tert-OH is 1. The zero-order valence-electron chi connectivity index (χ0n) is 15.7. The molecule has 1 atom stereocenters. The molecule has 0 aromatic heterocycles. The van der Waals surface area contributed by atoms with Crippen LogP contribution in [-0.2, 0) is 0 Å². The van der Waals surface area contributed by atoms with Crippen LogP contribution < -0.4 is 10.6 Å². The number of hydrogen-bond acceptors (Lipinski definition) is 3. The highest BCUT2D eigenvalue weighted by Gasteiger charge is 2.19. The first-order valence-corrected chi connectivity index (χ1v) is 9.70. The lowest BCUT2D eigenvalue weighted by atomic mass is 10.1. The number of aliphatic imine (C=N–C) groups is 1. The Balaban J connectivity index is 0.00000338. The van der Waals surface area contributed by atoms with Gasteiger partial charge in [-0.1, -0.05) is 30.7 Å². The van der Waals surface area contributed by atoms with Gasteiger partial charge in [0, 0.05) is 30.7 Å². The smallest absolute Gasteiger partial charge is 0.191 e. The van der Waals surface area contributed by atoms with Gasteiger partial charge in [0.2, 0.25) is 0 Å². The molecule has 0 aliphatic carbocycles. The fourth-order valence-electron chi connectivity index (χ4n) is 3.10. The van der Waals surface area contributed by atoms with Crippen molar-refractivity contribution in [1.29, 1.82) is 0 Å². The van der Waals surface area contributed by atoms with Crippen LogP contribution in [0.25, 0.3) is 0 Å². The van der Waals surface area contributed by atoms with Crippen molar-refractivity contribution < 1.29 is 5.11 Å². The highest BCUT2D eigenvalue weighted by atomic mass is 127. The van der Waals surface area contributed by atoms with Crippen LogP contribution >= 0.6 is 35.6 Å². The third-order valence-corrected chi connectivity index (χ3v) is 4.74. The summed E-state index contributed by atoms with van der Waals surface area (Å²) >= 11 is 5.89. The normalized spacial score (nSPS) is 17.5. The van der Waals surface area contributed by atoms with Gasteiger partial charge < -0.3 is 20.6 Å². The van der Waals surface area contributed by atoms with E-state index in [1.807, 2.05) is 12.1 Å². The zero-order chi connectivity index (χ0) is 18.1. The average molecular weight is 495 g/mol. The Bertz CT molecular complexity index is 533. The largest absolute Gasteiger partial charge is 0.386 e. The molecule has 1 aliphatic rings. The van der Waals surface area contributed by atoms with E-state index in [9.17, 15) is 5.11 Å². The van der Waals surface area contributed by atoms with E-state index in [-0.39, 0.29) is 24.0 Å². The summed E-state index contributed by atoms with van der Waals surface area (Å²) in [4.78, 5) is 7.08. The van der Waals surface area contributed by atoms with Gasteiger partial charge in [0.25, 0.3) is 0 Å². The summed E-state index contributed by atoms with van der Waals surface area (Å²) < 4.78 is 0. The first-order chi connectivity index (χ1) is 12.1. The number of rotatable bonds is 7. The Hall–Kier alpha value is -0.570. The summed E-state index contributed by atoms with van der Waals surface area (Å²) in [6.45, 7) is 8.87. The Kier molecular flexibility index (Phi) is 11.5. The van der Waals surface area contributed by atoms with E-state index in [1.54, 1.807) is 12.1 Å². The van der Waals surface area contributed by atoms with E-state index in [0.717, 1.165) is 44.0 Å². The number of halogens is 2. The molecule has 0 saturated carbocycles. The van der Waals surface area contributed by atoms with Crippen molar-refractivity contribution in [1.82, 2.24) is 15.5 Å². The van der Waals surface area contributed by atoms with Gasteiger partial charge in [-0.05, 0) is 50.4 Å². The van der Waals surface area contributed by atoms with Crippen LogP contribution in [0.1, 0.15) is 44.8 Å². The van der Waals surface area contributed by atoms with Gasteiger partial charge in [-0.25, -0.2) is 0 Å². The highest BCUT2D eigenvalue weighted by molar-refractivity contribution is 14.0. The molecule has 0 spiro atoms. The zero-order valence-corrected chi connectivity index (χ0v) is 18.8. The molecule has 148 valence electrons. The van der Waals surface area contributed by atoms with Crippen molar-refractivity contribution in [3.05, 3.63) is 34.9 Å². The monoisotopic (exact) mass is 494 g/mol. The number of hydrogen-bond donors (Lipinski definition) is 3. The van der Waals surface area contributed by atoms with Gasteiger partial charge >= 0.3 is 0 Å². The van der Waals surface area contributed by atoms with Gasteiger partial charge in [-0.3, -0.25) is 4.99 Å². The number of aliphatic hydroxyl groups is 1. The molecule has 5 nitrogen and oxygen atoms in total. The number of nitrogens with zero attached hydrogens (tertiary/aromatic N) is 2. The number of nitrogens with one attached hydrogen (secondary N) is 2. The van der Waals surface area contributed by atoms with Crippen LogP contribution in [0.5, 0.6) is 0 Å². The maximum Gasteiger partial charge on any atom is 0.191 e. The van der Waals surface area contributed by atoms with Crippen molar-refractivity contribution in [3.8, 4) is 0 Å². The molecule has 0 radical (unpaired) electrons. The SMILES string of the molecule is CCCN1CCC(NC(=NCC(O)c2ccc(Cl)cc2)NCC)CC1.I. The molecule has 0 amide bonds. The minimum absolute atomic E-state index is 0. The average Bonchev–Trinajstić information content (AvgIpc) is 2.62. The summed E-state index contributed by atoms with van der Waals surface area (Å²) in [5, 5.41) is 17.8. The molecule has 0 bridgehead atoms. The van der Waals surface area contributed by atoms with Crippen molar-refractivity contribution in [3.63, 3.8) is 0 Å². The molecular formula is C19H32ClIN4O. The third kappa shape index (κ3) is 7.98. The van der Waals surface area contributed by atoms with Gasteiger partial charge in [-0.2, -0.15) is 0 Å². The Morgan fingerprint density at radius 1 is 1.27 bits per heavy atom. The second-order valence-electron chi connectivity index (χ2n) is 6.55. The molecule has 1 aromatic carbocycles. The van der Waals surface area contributed by atoms with Crippen LogP contribution in [0, 0.1) is 0 Å². The minimum atomic E-state index is -0.626. The van der Waals surface area contributed by atoms with E-state index >= 15 is 0 Å². The number of piperidine rings is 1. The number of likely N-dealkylation sites (tertiary alicyclic amines) is 1. The first kappa shape index (κ1) is 23.5. The molecule has 2 rings (SSSR count). The summed E-state index contributed by atoms with van der Waals surface area (Å²) in [5.41, 5.74) is 0.830. The molecule has 1 aliphatic heterocycles. The molecule has 26 heavy (non-hydrogen) atoms. The van der Waals surface area contributed by atoms with E-state index in [1.165, 1.54) is 13.0 Å². The molecule has 1 aromatic rings. The predicted molar refractivity (Wildman–Crippen MR) is 121 cm³/mol. The molecule has 3 N–H and O–H groups in total. The fraction of sp³-hybridized carbons (Fsp3) is 0.632.